The number of likely N-dealkylation sites (tertiary alicyclic amines) is 1. The number of hydrogen-bond acceptors (Lipinski definition) is 3. The van der Waals surface area contributed by atoms with Gasteiger partial charge in [-0.25, -0.2) is 9.87 Å². The van der Waals surface area contributed by atoms with E-state index in [1.165, 1.54) is 17.0 Å². The highest BCUT2D eigenvalue weighted by Crippen LogP contribution is 2.37. The van der Waals surface area contributed by atoms with Crippen molar-refractivity contribution in [2.75, 3.05) is 13.7 Å². The normalized spacial score (nSPS) is 21.7. The molecule has 1 fully saturated rings. The quantitative estimate of drug-likeness (QED) is 0.866. The number of halogens is 2. The molecule has 1 heterocycles. The van der Waals surface area contributed by atoms with Crippen molar-refractivity contribution in [2.45, 2.75) is 19.4 Å². The molecule has 1 aromatic carbocycles. The lowest BCUT2D eigenvalue weighted by Crippen LogP contribution is -2.34. The summed E-state index contributed by atoms with van der Waals surface area (Å²) >= 11 is 5.67. The van der Waals surface area contributed by atoms with Crippen LogP contribution in [0.25, 0.3) is 0 Å². The smallest absolute Gasteiger partial charge is 0.249 e. The molecule has 21 heavy (non-hydrogen) atoms. The molecule has 1 aliphatic rings. The topological polar surface area (TPSA) is 58.6 Å². The lowest BCUT2D eigenvalue weighted by molar-refractivity contribution is -0.138. The summed E-state index contributed by atoms with van der Waals surface area (Å²) in [6.07, 6.45) is 0.0598. The van der Waals surface area contributed by atoms with Crippen molar-refractivity contribution < 1.29 is 18.8 Å². The zero-order chi connectivity index (χ0) is 15.6. The van der Waals surface area contributed by atoms with E-state index in [1.54, 1.807) is 20.0 Å². The van der Waals surface area contributed by atoms with Crippen LogP contribution < -0.4 is 5.48 Å². The molecule has 0 aromatic heterocycles. The third-order valence-corrected chi connectivity index (χ3v) is 3.83. The Bertz CT molecular complexity index is 567. The van der Waals surface area contributed by atoms with Gasteiger partial charge in [-0.2, -0.15) is 0 Å². The van der Waals surface area contributed by atoms with Crippen molar-refractivity contribution in [3.8, 4) is 0 Å². The monoisotopic (exact) mass is 314 g/mol. The Balaban J connectivity index is 2.29. The van der Waals surface area contributed by atoms with Gasteiger partial charge >= 0.3 is 0 Å². The minimum absolute atomic E-state index is 0.000967. The van der Waals surface area contributed by atoms with Gasteiger partial charge in [-0.3, -0.25) is 14.4 Å². The van der Waals surface area contributed by atoms with Crippen molar-refractivity contribution in [1.82, 2.24) is 10.4 Å². The van der Waals surface area contributed by atoms with Gasteiger partial charge in [0, 0.05) is 13.5 Å². The molecule has 2 atom stereocenters. The van der Waals surface area contributed by atoms with Gasteiger partial charge in [0.15, 0.2) is 0 Å². The van der Waals surface area contributed by atoms with Gasteiger partial charge in [0.1, 0.15) is 5.82 Å². The van der Waals surface area contributed by atoms with Crippen LogP contribution >= 0.6 is 11.6 Å². The van der Waals surface area contributed by atoms with Crippen molar-refractivity contribution in [3.05, 3.63) is 34.6 Å². The first kappa shape index (κ1) is 15.7. The average Bonchev–Trinajstić information content (AvgIpc) is 2.75. The molecule has 1 aliphatic heterocycles. The molecular weight excluding hydrogens is 299 g/mol. The van der Waals surface area contributed by atoms with Crippen LogP contribution in [0.2, 0.25) is 5.02 Å². The molecule has 0 unspecified atom stereocenters. The van der Waals surface area contributed by atoms with Gasteiger partial charge in [0.25, 0.3) is 0 Å². The van der Waals surface area contributed by atoms with E-state index in [4.69, 9.17) is 16.4 Å². The number of rotatable bonds is 4. The van der Waals surface area contributed by atoms with Crippen LogP contribution in [0.5, 0.6) is 0 Å². The van der Waals surface area contributed by atoms with Gasteiger partial charge in [0.2, 0.25) is 11.8 Å². The van der Waals surface area contributed by atoms with Crippen LogP contribution in [0.1, 0.15) is 24.9 Å². The summed E-state index contributed by atoms with van der Waals surface area (Å²) in [6, 6.07) is 3.75. The standard InChI is InChI=1S/C14H16ClFN2O3/c1-3-21-17-14(20)9-7-12(19)18(2)13(9)8-4-5-10(15)11(16)6-8/h4-6,9,13H,3,7H2,1-2H3,(H,17,20)/t9-,13-/m1/s1. The number of nitrogens with zero attached hydrogens (tertiary/aromatic N) is 1. The molecule has 5 nitrogen and oxygen atoms in total. The molecule has 7 heteroatoms. The van der Waals surface area contributed by atoms with Crippen LogP contribution in [0.15, 0.2) is 18.2 Å². The van der Waals surface area contributed by atoms with Gasteiger partial charge in [-0.05, 0) is 24.6 Å². The lowest BCUT2D eigenvalue weighted by atomic mass is 9.93. The first-order valence-corrected chi connectivity index (χ1v) is 6.95. The Labute approximate surface area is 127 Å². The molecule has 1 N–H and O–H groups in total. The first-order chi connectivity index (χ1) is 9.95. The van der Waals surface area contributed by atoms with E-state index in [0.29, 0.717) is 12.2 Å². The third kappa shape index (κ3) is 3.16. The van der Waals surface area contributed by atoms with Gasteiger partial charge < -0.3 is 4.90 Å². The van der Waals surface area contributed by atoms with Crippen molar-refractivity contribution in [3.63, 3.8) is 0 Å². The summed E-state index contributed by atoms with van der Waals surface area (Å²) in [5.41, 5.74) is 2.83. The predicted octanol–water partition coefficient (Wildman–Crippen LogP) is 2.07. The first-order valence-electron chi connectivity index (χ1n) is 6.58. The number of carbonyl (C=O) groups excluding carboxylic acids is 2. The third-order valence-electron chi connectivity index (χ3n) is 3.53. The number of benzene rings is 1. The molecule has 114 valence electrons. The van der Waals surface area contributed by atoms with Gasteiger partial charge in [-0.15, -0.1) is 0 Å². The summed E-state index contributed by atoms with van der Waals surface area (Å²) in [5, 5.41) is 0.000967. The summed E-state index contributed by atoms with van der Waals surface area (Å²) < 4.78 is 13.6. The fraction of sp³-hybridized carbons (Fsp3) is 0.429. The van der Waals surface area contributed by atoms with Crippen molar-refractivity contribution >= 4 is 23.4 Å². The summed E-state index contributed by atoms with van der Waals surface area (Å²) in [6.45, 7) is 2.06. The van der Waals surface area contributed by atoms with Crippen LogP contribution in [0, 0.1) is 11.7 Å². The molecule has 0 aliphatic carbocycles. The van der Waals surface area contributed by atoms with Crippen molar-refractivity contribution in [2.24, 2.45) is 5.92 Å². The molecular formula is C14H16ClFN2O3. The highest BCUT2D eigenvalue weighted by molar-refractivity contribution is 6.30. The van der Waals surface area contributed by atoms with Crippen molar-refractivity contribution in [1.29, 1.82) is 0 Å². The van der Waals surface area contributed by atoms with Crippen LogP contribution in [0.3, 0.4) is 0 Å². The highest BCUT2D eigenvalue weighted by atomic mass is 35.5. The molecule has 0 spiro atoms. The summed E-state index contributed by atoms with van der Waals surface area (Å²) in [5.74, 6) is -1.78. The molecule has 0 radical (unpaired) electrons. The molecule has 1 aromatic rings. The van der Waals surface area contributed by atoms with E-state index in [9.17, 15) is 14.0 Å². The van der Waals surface area contributed by atoms with E-state index >= 15 is 0 Å². The maximum Gasteiger partial charge on any atom is 0.249 e. The summed E-state index contributed by atoms with van der Waals surface area (Å²) in [7, 11) is 1.59. The van der Waals surface area contributed by atoms with E-state index in [-0.39, 0.29) is 17.4 Å². The van der Waals surface area contributed by atoms with E-state index in [2.05, 4.69) is 5.48 Å². The second-order valence-electron chi connectivity index (χ2n) is 4.83. The second-order valence-corrected chi connectivity index (χ2v) is 5.24. The molecule has 2 amide bonds. The Kier molecular flexibility index (Phi) is 4.80. The predicted molar refractivity (Wildman–Crippen MR) is 74.8 cm³/mol. The molecule has 0 bridgehead atoms. The SMILES string of the molecule is CCONC(=O)[C@@H]1CC(=O)N(C)[C@@H]1c1ccc(Cl)c(F)c1. The zero-order valence-electron chi connectivity index (χ0n) is 11.7. The van der Waals surface area contributed by atoms with E-state index in [1.807, 2.05) is 0 Å². The number of amides is 2. The number of carbonyl (C=O) groups is 2. The molecule has 0 saturated carbocycles. The maximum atomic E-state index is 13.6. The maximum absolute atomic E-state index is 13.6. The minimum atomic E-state index is -0.630. The van der Waals surface area contributed by atoms with Gasteiger partial charge in [0.05, 0.1) is 23.6 Å². The average molecular weight is 315 g/mol. The lowest BCUT2D eigenvalue weighted by Gasteiger charge is -2.24. The van der Waals surface area contributed by atoms with Gasteiger partial charge in [-0.1, -0.05) is 17.7 Å². The second kappa shape index (κ2) is 6.41. The Morgan fingerprint density at radius 1 is 1.57 bits per heavy atom. The largest absolute Gasteiger partial charge is 0.338 e. The Morgan fingerprint density at radius 2 is 2.29 bits per heavy atom. The molecule has 1 saturated heterocycles. The van der Waals surface area contributed by atoms with Crippen LogP contribution in [0.4, 0.5) is 4.39 Å². The molecule has 2 rings (SSSR count). The Morgan fingerprint density at radius 3 is 2.90 bits per heavy atom. The number of nitrogens with one attached hydrogen (secondary N) is 1. The zero-order valence-corrected chi connectivity index (χ0v) is 12.5. The number of hydrogen-bond donors (Lipinski definition) is 1. The van der Waals surface area contributed by atoms with Crippen LogP contribution in [-0.4, -0.2) is 30.4 Å². The number of hydroxylamine groups is 1. The summed E-state index contributed by atoms with van der Waals surface area (Å²) in [4.78, 5) is 30.3. The fourth-order valence-electron chi connectivity index (χ4n) is 2.48. The van der Waals surface area contributed by atoms with Crippen LogP contribution in [-0.2, 0) is 14.4 Å². The Hall–Kier alpha value is -1.66. The van der Waals surface area contributed by atoms with E-state index < -0.39 is 23.7 Å². The van der Waals surface area contributed by atoms with E-state index in [0.717, 1.165) is 0 Å². The minimum Gasteiger partial charge on any atom is -0.338 e. The highest BCUT2D eigenvalue weighted by Gasteiger charge is 2.43. The fourth-order valence-corrected chi connectivity index (χ4v) is 2.59.